The smallest absolute Gasteiger partial charge is 0.128 e. The fraction of sp³-hybridized carbons (Fsp3) is 0.432. The van der Waals surface area contributed by atoms with Crippen molar-refractivity contribution in [3.8, 4) is 33.9 Å². The highest BCUT2D eigenvalue weighted by atomic mass is 16.3. The zero-order valence-electron chi connectivity index (χ0n) is 26.5. The second kappa shape index (κ2) is 9.65. The van der Waals surface area contributed by atoms with Gasteiger partial charge in [0, 0.05) is 33.2 Å². The molecular formula is C37H47NO2. The fourth-order valence-corrected chi connectivity index (χ4v) is 5.19. The molecule has 0 spiro atoms. The van der Waals surface area contributed by atoms with E-state index in [0.717, 1.165) is 50.0 Å². The average molecular weight is 538 g/mol. The van der Waals surface area contributed by atoms with Gasteiger partial charge in [0.15, 0.2) is 0 Å². The van der Waals surface area contributed by atoms with Gasteiger partial charge in [-0.1, -0.05) is 119 Å². The third kappa shape index (κ3) is 5.61. The van der Waals surface area contributed by atoms with Gasteiger partial charge in [0.1, 0.15) is 11.5 Å². The number of fused-ring (bicyclic) bond motifs is 1. The van der Waals surface area contributed by atoms with Crippen LogP contribution in [0, 0.1) is 0 Å². The first-order valence-electron chi connectivity index (χ1n) is 14.4. The Labute approximate surface area is 241 Å². The Bertz CT molecular complexity index is 1580. The molecule has 0 aliphatic carbocycles. The lowest BCUT2D eigenvalue weighted by Crippen LogP contribution is -2.17. The maximum atomic E-state index is 11.6. The van der Waals surface area contributed by atoms with E-state index in [0.29, 0.717) is 5.75 Å². The zero-order valence-corrected chi connectivity index (χ0v) is 26.5. The van der Waals surface area contributed by atoms with Crippen molar-refractivity contribution in [1.29, 1.82) is 0 Å². The number of hydrogen-bond donors (Lipinski definition) is 2. The molecule has 40 heavy (non-hydrogen) atoms. The number of aromatic nitrogens is 1. The highest BCUT2D eigenvalue weighted by Crippen LogP contribution is 2.45. The Balaban J connectivity index is 2.06. The third-order valence-corrected chi connectivity index (χ3v) is 7.85. The van der Waals surface area contributed by atoms with Gasteiger partial charge in [0.25, 0.3) is 0 Å². The molecule has 0 saturated carbocycles. The number of para-hydroxylation sites is 1. The van der Waals surface area contributed by atoms with Crippen LogP contribution < -0.4 is 0 Å². The normalized spacial score (nSPS) is 13.2. The Morgan fingerprint density at radius 1 is 0.500 bits per heavy atom. The first-order chi connectivity index (χ1) is 18.2. The Hall–Kier alpha value is -3.33. The Morgan fingerprint density at radius 2 is 0.975 bits per heavy atom. The summed E-state index contributed by atoms with van der Waals surface area (Å²) in [6.07, 6.45) is 0. The van der Waals surface area contributed by atoms with E-state index in [4.69, 9.17) is 4.98 Å². The van der Waals surface area contributed by atoms with Crippen LogP contribution in [0.2, 0.25) is 0 Å². The third-order valence-electron chi connectivity index (χ3n) is 7.85. The van der Waals surface area contributed by atoms with E-state index in [1.165, 1.54) is 5.56 Å². The second-order valence-corrected chi connectivity index (χ2v) is 15.4. The molecule has 3 heteroatoms. The molecule has 0 bridgehead atoms. The van der Waals surface area contributed by atoms with E-state index in [9.17, 15) is 10.2 Å². The van der Waals surface area contributed by atoms with Crippen molar-refractivity contribution >= 4 is 10.9 Å². The molecule has 3 aromatic carbocycles. The second-order valence-electron chi connectivity index (χ2n) is 15.4. The minimum Gasteiger partial charge on any atom is -0.507 e. The molecular weight excluding hydrogens is 490 g/mol. The van der Waals surface area contributed by atoms with Crippen LogP contribution in [0.1, 0.15) is 105 Å². The van der Waals surface area contributed by atoms with Crippen molar-refractivity contribution < 1.29 is 10.2 Å². The topological polar surface area (TPSA) is 53.4 Å². The van der Waals surface area contributed by atoms with E-state index in [1.54, 1.807) is 0 Å². The van der Waals surface area contributed by atoms with Gasteiger partial charge in [0.2, 0.25) is 0 Å². The minimum atomic E-state index is -0.232. The molecule has 2 N–H and O–H groups in total. The number of aromatic hydroxyl groups is 2. The Morgan fingerprint density at radius 3 is 1.45 bits per heavy atom. The molecule has 0 radical (unpaired) electrons. The summed E-state index contributed by atoms with van der Waals surface area (Å²) in [6.45, 7) is 26.0. The monoisotopic (exact) mass is 537 g/mol. The molecule has 1 heterocycles. The van der Waals surface area contributed by atoms with E-state index < -0.39 is 0 Å². The minimum absolute atomic E-state index is 0.0891. The van der Waals surface area contributed by atoms with Gasteiger partial charge in [-0.2, -0.15) is 0 Å². The molecule has 0 saturated heterocycles. The van der Waals surface area contributed by atoms with Crippen molar-refractivity contribution in [3.63, 3.8) is 0 Å². The van der Waals surface area contributed by atoms with Gasteiger partial charge in [0.05, 0.1) is 11.2 Å². The molecule has 0 aliphatic rings. The molecule has 3 nitrogen and oxygen atoms in total. The molecule has 0 unspecified atom stereocenters. The molecule has 1 aromatic heterocycles. The van der Waals surface area contributed by atoms with E-state index >= 15 is 0 Å². The number of benzene rings is 3. The summed E-state index contributed by atoms with van der Waals surface area (Å²) >= 11 is 0. The highest BCUT2D eigenvalue weighted by Gasteiger charge is 2.28. The summed E-state index contributed by atoms with van der Waals surface area (Å²) in [5, 5.41) is 24.2. The quantitative estimate of drug-likeness (QED) is 0.267. The van der Waals surface area contributed by atoms with Crippen molar-refractivity contribution in [3.05, 3.63) is 76.9 Å². The summed E-state index contributed by atoms with van der Waals surface area (Å²) in [5.41, 5.74) is 7.45. The first-order valence-corrected chi connectivity index (χ1v) is 14.4. The fourth-order valence-electron chi connectivity index (χ4n) is 5.19. The van der Waals surface area contributed by atoms with Gasteiger partial charge < -0.3 is 10.2 Å². The molecule has 0 atom stereocenters. The van der Waals surface area contributed by atoms with Crippen molar-refractivity contribution in [2.45, 2.75) is 105 Å². The van der Waals surface area contributed by atoms with Crippen LogP contribution in [-0.4, -0.2) is 15.2 Å². The van der Waals surface area contributed by atoms with Crippen LogP contribution in [0.15, 0.2) is 54.6 Å². The molecule has 4 rings (SSSR count). The molecule has 212 valence electrons. The van der Waals surface area contributed by atoms with E-state index in [1.807, 2.05) is 18.2 Å². The summed E-state index contributed by atoms with van der Waals surface area (Å²) in [6, 6.07) is 18.6. The molecule has 0 aliphatic heterocycles. The number of hydrogen-bond acceptors (Lipinski definition) is 3. The average Bonchev–Trinajstić information content (AvgIpc) is 2.80. The van der Waals surface area contributed by atoms with Crippen LogP contribution in [0.5, 0.6) is 11.5 Å². The standard InChI is InChI=1S/C37H47NO2/c1-34(2,3)23-18-26(32(39)28(20-23)36(7,8)9)25-15-13-14-22-16-17-30(38-31(22)25)27-19-24(35(4,5)6)21-29(33(27)40)37(10,11)12/h13-21,39-40H,1-12H3. The lowest BCUT2D eigenvalue weighted by molar-refractivity contribution is 0.445. The number of nitrogens with zero attached hydrogens (tertiary/aromatic N) is 1. The molecule has 0 fully saturated rings. The van der Waals surface area contributed by atoms with Gasteiger partial charge in [-0.15, -0.1) is 0 Å². The number of phenols is 2. The predicted octanol–water partition coefficient (Wildman–Crippen LogP) is 10.2. The van der Waals surface area contributed by atoms with E-state index in [2.05, 4.69) is 119 Å². The summed E-state index contributed by atoms with van der Waals surface area (Å²) in [5.74, 6) is 0.574. The number of rotatable bonds is 2. The number of pyridine rings is 1. The van der Waals surface area contributed by atoms with Gasteiger partial charge in [-0.25, -0.2) is 4.98 Å². The summed E-state index contributed by atoms with van der Waals surface area (Å²) < 4.78 is 0. The van der Waals surface area contributed by atoms with Crippen LogP contribution >= 0.6 is 0 Å². The van der Waals surface area contributed by atoms with Gasteiger partial charge in [-0.3, -0.25) is 0 Å². The van der Waals surface area contributed by atoms with Crippen LogP contribution in [-0.2, 0) is 21.7 Å². The summed E-state index contributed by atoms with van der Waals surface area (Å²) in [7, 11) is 0. The van der Waals surface area contributed by atoms with Gasteiger partial charge in [-0.05, 0) is 51.0 Å². The zero-order chi connectivity index (χ0) is 30.0. The highest BCUT2D eigenvalue weighted by molar-refractivity contribution is 5.97. The van der Waals surface area contributed by atoms with Crippen LogP contribution in [0.3, 0.4) is 0 Å². The lowest BCUT2D eigenvalue weighted by Gasteiger charge is -2.28. The van der Waals surface area contributed by atoms with E-state index in [-0.39, 0.29) is 27.4 Å². The lowest BCUT2D eigenvalue weighted by atomic mass is 9.78. The van der Waals surface area contributed by atoms with Crippen LogP contribution in [0.4, 0.5) is 0 Å². The van der Waals surface area contributed by atoms with Crippen LogP contribution in [0.25, 0.3) is 33.3 Å². The maximum absolute atomic E-state index is 11.6. The molecule has 0 amide bonds. The van der Waals surface area contributed by atoms with Crippen molar-refractivity contribution in [2.24, 2.45) is 0 Å². The van der Waals surface area contributed by atoms with Crippen molar-refractivity contribution in [2.75, 3.05) is 0 Å². The predicted molar refractivity (Wildman–Crippen MR) is 171 cm³/mol. The first kappa shape index (κ1) is 29.6. The number of phenolic OH excluding ortho intramolecular Hbond substituents is 2. The SMILES string of the molecule is CC(C)(C)c1cc(-c2ccc3cccc(-c4cc(C(C)(C)C)cc(C(C)(C)C)c4O)c3n2)c(O)c(C(C)(C)C)c1. The molecule has 4 aromatic rings. The largest absolute Gasteiger partial charge is 0.507 e. The Kier molecular flexibility index (Phi) is 7.15. The summed E-state index contributed by atoms with van der Waals surface area (Å²) in [4.78, 5) is 5.18. The maximum Gasteiger partial charge on any atom is 0.128 e. The van der Waals surface area contributed by atoms with Gasteiger partial charge >= 0.3 is 0 Å². The van der Waals surface area contributed by atoms with Crippen molar-refractivity contribution in [1.82, 2.24) is 4.98 Å².